The first-order chi connectivity index (χ1) is 11.2. The summed E-state index contributed by atoms with van der Waals surface area (Å²) in [6, 6.07) is 14.9. The van der Waals surface area contributed by atoms with E-state index >= 15 is 0 Å². The zero-order chi connectivity index (χ0) is 16.5. The summed E-state index contributed by atoms with van der Waals surface area (Å²) >= 11 is 0. The SMILES string of the molecule is CCCCCc1ccc(CN=Nc2cccc(C(=O)O)c2)cc1. The van der Waals surface area contributed by atoms with Crippen LogP contribution in [0.1, 0.15) is 47.7 Å². The maximum atomic E-state index is 10.9. The summed E-state index contributed by atoms with van der Waals surface area (Å²) in [7, 11) is 0. The Hall–Kier alpha value is -2.49. The van der Waals surface area contributed by atoms with Gasteiger partial charge < -0.3 is 5.11 Å². The molecule has 1 N–H and O–H groups in total. The molecule has 2 aromatic rings. The van der Waals surface area contributed by atoms with Gasteiger partial charge in [-0.3, -0.25) is 0 Å². The van der Waals surface area contributed by atoms with Gasteiger partial charge >= 0.3 is 5.97 Å². The van der Waals surface area contributed by atoms with E-state index in [1.54, 1.807) is 18.2 Å². The molecule has 2 aromatic carbocycles. The normalized spacial score (nSPS) is 11.0. The Kier molecular flexibility index (Phi) is 6.48. The Balaban J connectivity index is 1.90. The van der Waals surface area contributed by atoms with Crippen molar-refractivity contribution >= 4 is 11.7 Å². The van der Waals surface area contributed by atoms with E-state index in [1.165, 1.54) is 30.9 Å². The number of carboxylic acids is 1. The summed E-state index contributed by atoms with van der Waals surface area (Å²) in [5, 5.41) is 17.2. The second-order valence-electron chi connectivity index (χ2n) is 5.53. The molecule has 120 valence electrons. The first kappa shape index (κ1) is 16.9. The Bertz CT molecular complexity index is 663. The number of unbranched alkanes of at least 4 members (excludes halogenated alkanes) is 2. The second-order valence-corrected chi connectivity index (χ2v) is 5.53. The smallest absolute Gasteiger partial charge is 0.335 e. The number of carbonyl (C=O) groups is 1. The third kappa shape index (κ3) is 5.66. The van der Waals surface area contributed by atoms with Gasteiger partial charge in [0.05, 0.1) is 17.8 Å². The van der Waals surface area contributed by atoms with E-state index in [4.69, 9.17) is 5.11 Å². The number of carboxylic acid groups (broad SMARTS) is 1. The first-order valence-electron chi connectivity index (χ1n) is 7.97. The molecule has 0 spiro atoms. The monoisotopic (exact) mass is 310 g/mol. The summed E-state index contributed by atoms with van der Waals surface area (Å²) in [4.78, 5) is 10.9. The quantitative estimate of drug-likeness (QED) is 0.524. The van der Waals surface area contributed by atoms with E-state index in [2.05, 4.69) is 41.4 Å². The van der Waals surface area contributed by atoms with Crippen molar-refractivity contribution in [3.63, 3.8) is 0 Å². The number of rotatable bonds is 8. The van der Waals surface area contributed by atoms with E-state index in [0.29, 0.717) is 12.2 Å². The number of hydrogen-bond acceptors (Lipinski definition) is 3. The lowest BCUT2D eigenvalue weighted by molar-refractivity contribution is 0.0697. The van der Waals surface area contributed by atoms with Crippen LogP contribution in [0.3, 0.4) is 0 Å². The fourth-order valence-corrected chi connectivity index (χ4v) is 2.29. The Labute approximate surface area is 136 Å². The number of nitrogens with zero attached hydrogens (tertiary/aromatic N) is 2. The molecule has 0 saturated heterocycles. The van der Waals surface area contributed by atoms with Gasteiger partial charge in [-0.05, 0) is 42.2 Å². The van der Waals surface area contributed by atoms with Crippen molar-refractivity contribution in [2.24, 2.45) is 10.2 Å². The molecule has 0 radical (unpaired) electrons. The average Bonchev–Trinajstić information content (AvgIpc) is 2.57. The number of benzene rings is 2. The highest BCUT2D eigenvalue weighted by Gasteiger charge is 2.02. The Morgan fingerprint density at radius 1 is 1.04 bits per heavy atom. The highest BCUT2D eigenvalue weighted by molar-refractivity contribution is 5.88. The molecule has 0 bridgehead atoms. The van der Waals surface area contributed by atoms with E-state index in [9.17, 15) is 4.79 Å². The van der Waals surface area contributed by atoms with Gasteiger partial charge in [0.25, 0.3) is 0 Å². The molecule has 0 fully saturated rings. The van der Waals surface area contributed by atoms with E-state index in [1.807, 2.05) is 0 Å². The fourth-order valence-electron chi connectivity index (χ4n) is 2.29. The standard InChI is InChI=1S/C19H22N2O2/c1-2-3-4-6-15-9-11-16(12-10-15)14-20-21-18-8-5-7-17(13-18)19(22)23/h5,7-13H,2-4,6,14H2,1H3,(H,22,23). The molecule has 0 amide bonds. The number of hydrogen-bond donors (Lipinski definition) is 1. The molecule has 0 aliphatic rings. The molecule has 0 unspecified atom stereocenters. The van der Waals surface area contributed by atoms with Crippen LogP contribution in [0.4, 0.5) is 5.69 Å². The molecule has 4 nitrogen and oxygen atoms in total. The van der Waals surface area contributed by atoms with Gasteiger partial charge in [-0.25, -0.2) is 4.79 Å². The zero-order valence-electron chi connectivity index (χ0n) is 13.4. The molecule has 0 heterocycles. The molecule has 4 heteroatoms. The third-order valence-corrected chi connectivity index (χ3v) is 3.62. The van der Waals surface area contributed by atoms with Crippen molar-refractivity contribution in [2.75, 3.05) is 0 Å². The van der Waals surface area contributed by atoms with Gasteiger partial charge in [-0.1, -0.05) is 50.1 Å². The minimum atomic E-state index is -0.958. The van der Waals surface area contributed by atoms with Gasteiger partial charge in [0.2, 0.25) is 0 Å². The molecule has 0 saturated carbocycles. The molecular weight excluding hydrogens is 288 g/mol. The predicted octanol–water partition coefficient (Wildman–Crippen LogP) is 5.40. The maximum absolute atomic E-state index is 10.9. The topological polar surface area (TPSA) is 62.0 Å². The van der Waals surface area contributed by atoms with Crippen LogP contribution < -0.4 is 0 Å². The van der Waals surface area contributed by atoms with E-state index in [0.717, 1.165) is 12.0 Å². The first-order valence-corrected chi connectivity index (χ1v) is 7.97. The van der Waals surface area contributed by atoms with E-state index < -0.39 is 5.97 Å². The molecule has 0 atom stereocenters. The van der Waals surface area contributed by atoms with E-state index in [-0.39, 0.29) is 5.56 Å². The van der Waals surface area contributed by atoms with Gasteiger partial charge in [0, 0.05) is 0 Å². The second kappa shape index (κ2) is 8.83. The lowest BCUT2D eigenvalue weighted by Crippen LogP contribution is -1.94. The summed E-state index contributed by atoms with van der Waals surface area (Å²) < 4.78 is 0. The zero-order valence-corrected chi connectivity index (χ0v) is 13.4. The van der Waals surface area contributed by atoms with Gasteiger partial charge in [0.1, 0.15) is 0 Å². The molecule has 0 aromatic heterocycles. The van der Waals surface area contributed by atoms with Gasteiger partial charge in [-0.2, -0.15) is 10.2 Å². The largest absolute Gasteiger partial charge is 0.478 e. The minimum absolute atomic E-state index is 0.220. The van der Waals surface area contributed by atoms with Crippen molar-refractivity contribution < 1.29 is 9.90 Å². The van der Waals surface area contributed by atoms with Crippen molar-refractivity contribution in [1.82, 2.24) is 0 Å². The fraction of sp³-hybridized carbons (Fsp3) is 0.316. The van der Waals surface area contributed by atoms with Crippen molar-refractivity contribution in [1.29, 1.82) is 0 Å². The van der Waals surface area contributed by atoms with Crippen LogP contribution in [0, 0.1) is 0 Å². The molecule has 2 rings (SSSR count). The van der Waals surface area contributed by atoms with Gasteiger partial charge in [0.15, 0.2) is 0 Å². The van der Waals surface area contributed by atoms with Crippen molar-refractivity contribution in [3.05, 3.63) is 65.2 Å². The molecular formula is C19H22N2O2. The van der Waals surface area contributed by atoms with Crippen LogP contribution in [-0.2, 0) is 13.0 Å². The summed E-state index contributed by atoms with van der Waals surface area (Å²) in [5.41, 5.74) is 3.23. The third-order valence-electron chi connectivity index (χ3n) is 3.62. The molecule has 0 aliphatic heterocycles. The number of azo groups is 1. The van der Waals surface area contributed by atoms with Crippen LogP contribution in [0.15, 0.2) is 58.8 Å². The Morgan fingerprint density at radius 2 is 1.78 bits per heavy atom. The highest BCUT2D eigenvalue weighted by atomic mass is 16.4. The minimum Gasteiger partial charge on any atom is -0.478 e. The molecule has 23 heavy (non-hydrogen) atoms. The van der Waals surface area contributed by atoms with Crippen LogP contribution in [0.5, 0.6) is 0 Å². The summed E-state index contributed by atoms with van der Waals surface area (Å²) in [6.07, 6.45) is 4.86. The van der Waals surface area contributed by atoms with Crippen LogP contribution in [0.2, 0.25) is 0 Å². The van der Waals surface area contributed by atoms with Crippen LogP contribution >= 0.6 is 0 Å². The average molecular weight is 310 g/mol. The maximum Gasteiger partial charge on any atom is 0.335 e. The Morgan fingerprint density at radius 3 is 2.48 bits per heavy atom. The number of aryl methyl sites for hydroxylation is 1. The summed E-state index contributed by atoms with van der Waals surface area (Å²) in [5.74, 6) is -0.958. The summed E-state index contributed by atoms with van der Waals surface area (Å²) in [6.45, 7) is 2.70. The van der Waals surface area contributed by atoms with Gasteiger partial charge in [-0.15, -0.1) is 0 Å². The lowest BCUT2D eigenvalue weighted by Gasteiger charge is -2.02. The molecule has 0 aliphatic carbocycles. The lowest BCUT2D eigenvalue weighted by atomic mass is 10.1. The highest BCUT2D eigenvalue weighted by Crippen LogP contribution is 2.16. The van der Waals surface area contributed by atoms with Crippen LogP contribution in [0.25, 0.3) is 0 Å². The predicted molar refractivity (Wildman–Crippen MR) is 91.3 cm³/mol. The van der Waals surface area contributed by atoms with Crippen molar-refractivity contribution in [3.8, 4) is 0 Å². The van der Waals surface area contributed by atoms with Crippen LogP contribution in [-0.4, -0.2) is 11.1 Å². The van der Waals surface area contributed by atoms with Crippen molar-refractivity contribution in [2.45, 2.75) is 39.2 Å². The number of aromatic carboxylic acids is 1.